The van der Waals surface area contributed by atoms with Gasteiger partial charge in [0.25, 0.3) is 5.91 Å². The lowest BCUT2D eigenvalue weighted by atomic mass is 10.0. The summed E-state index contributed by atoms with van der Waals surface area (Å²) < 4.78 is 60.3. The van der Waals surface area contributed by atoms with Gasteiger partial charge in [0.15, 0.2) is 0 Å². The summed E-state index contributed by atoms with van der Waals surface area (Å²) in [5.74, 6) is -0.514. The molecule has 1 amide bonds. The molecule has 1 saturated heterocycles. The summed E-state index contributed by atoms with van der Waals surface area (Å²) in [5, 5.41) is 6.96. The monoisotopic (exact) mass is 556 g/mol. The lowest BCUT2D eigenvalue weighted by molar-refractivity contribution is -0.137. The third-order valence-corrected chi connectivity index (χ3v) is 7.65. The Labute approximate surface area is 230 Å². The van der Waals surface area contributed by atoms with E-state index in [1.165, 1.54) is 0 Å². The van der Waals surface area contributed by atoms with Gasteiger partial charge in [0.1, 0.15) is 6.17 Å². The summed E-state index contributed by atoms with van der Waals surface area (Å²) >= 11 is 0. The number of rotatable bonds is 6. The van der Waals surface area contributed by atoms with Crippen molar-refractivity contribution < 1.29 is 22.4 Å². The van der Waals surface area contributed by atoms with Gasteiger partial charge in [-0.25, -0.2) is 4.39 Å². The molecule has 5 rings (SSSR count). The van der Waals surface area contributed by atoms with Crippen LogP contribution < -0.4 is 5.32 Å². The second-order valence-corrected chi connectivity index (χ2v) is 10.5. The van der Waals surface area contributed by atoms with E-state index in [0.29, 0.717) is 37.1 Å². The zero-order valence-electron chi connectivity index (χ0n) is 22.9. The molecule has 3 heterocycles. The summed E-state index contributed by atoms with van der Waals surface area (Å²) in [4.78, 5) is 15.1. The number of carbonyl (C=O) groups is 1. The largest absolute Gasteiger partial charge is 0.416 e. The molecule has 40 heavy (non-hydrogen) atoms. The van der Waals surface area contributed by atoms with Crippen LogP contribution in [0.15, 0.2) is 48.8 Å². The Morgan fingerprint density at radius 2 is 1.80 bits per heavy atom. The molecule has 0 atom stereocenters. The average molecular weight is 557 g/mol. The van der Waals surface area contributed by atoms with Crippen LogP contribution in [0, 0.1) is 13.8 Å². The number of nitrogens with one attached hydrogen (secondary N) is 1. The van der Waals surface area contributed by atoms with Crippen LogP contribution in [-0.2, 0) is 26.8 Å². The molecule has 4 aromatic rings. The molecule has 212 valence electrons. The number of hydrogen-bond donors (Lipinski definition) is 1. The first-order valence-electron chi connectivity index (χ1n) is 13.1. The van der Waals surface area contributed by atoms with Crippen LogP contribution >= 0.6 is 0 Å². The fourth-order valence-corrected chi connectivity index (χ4v) is 5.11. The Morgan fingerprint density at radius 1 is 1.07 bits per heavy atom. The van der Waals surface area contributed by atoms with Crippen molar-refractivity contribution in [1.29, 1.82) is 0 Å². The van der Waals surface area contributed by atoms with Crippen molar-refractivity contribution in [1.82, 2.24) is 24.0 Å². The molecule has 1 fully saturated rings. The normalized spacial score (nSPS) is 15.1. The highest BCUT2D eigenvalue weighted by Crippen LogP contribution is 2.33. The second-order valence-electron chi connectivity index (χ2n) is 10.5. The van der Waals surface area contributed by atoms with Crippen molar-refractivity contribution in [2.75, 3.05) is 18.4 Å². The highest BCUT2D eigenvalue weighted by atomic mass is 19.4. The minimum absolute atomic E-state index is 0.0626. The SMILES string of the molecule is Cc1ccc(C(=O)Nc2cc(CN3CCC(F)CC3)cc(C(F)(F)F)c2)cc1-n1cc(-c2cnn(C)c2C)n1C. The molecular formula is C29H32F4N6O. The number of hydrogen-bond acceptors (Lipinski definition) is 3. The van der Waals surface area contributed by atoms with Crippen molar-refractivity contribution in [3.8, 4) is 16.9 Å². The first-order chi connectivity index (χ1) is 18.9. The van der Waals surface area contributed by atoms with Crippen molar-refractivity contribution in [2.24, 2.45) is 14.1 Å². The van der Waals surface area contributed by atoms with E-state index in [9.17, 15) is 22.4 Å². The van der Waals surface area contributed by atoms with Crippen LogP contribution in [0.5, 0.6) is 0 Å². The number of halogens is 4. The molecule has 0 unspecified atom stereocenters. The maximum Gasteiger partial charge on any atom is 0.416 e. The van der Waals surface area contributed by atoms with Gasteiger partial charge in [-0.3, -0.25) is 23.7 Å². The molecule has 0 aliphatic carbocycles. The van der Waals surface area contributed by atoms with Crippen LogP contribution in [0.25, 0.3) is 16.9 Å². The molecule has 0 spiro atoms. The van der Waals surface area contributed by atoms with Gasteiger partial charge in [0.2, 0.25) is 0 Å². The number of aryl methyl sites for hydroxylation is 2. The number of nitrogens with zero attached hydrogens (tertiary/aromatic N) is 5. The van der Waals surface area contributed by atoms with Crippen LogP contribution in [-0.4, -0.2) is 49.2 Å². The summed E-state index contributed by atoms with van der Waals surface area (Å²) in [6.07, 6.45) is -0.954. The summed E-state index contributed by atoms with van der Waals surface area (Å²) in [6, 6.07) is 8.77. The van der Waals surface area contributed by atoms with Gasteiger partial charge in [0.05, 0.1) is 29.3 Å². The van der Waals surface area contributed by atoms with Crippen LogP contribution in [0.2, 0.25) is 0 Å². The number of alkyl halides is 4. The van der Waals surface area contributed by atoms with Crippen molar-refractivity contribution in [3.63, 3.8) is 0 Å². The van der Waals surface area contributed by atoms with Crippen molar-refractivity contribution in [3.05, 3.63) is 76.7 Å². The smallest absolute Gasteiger partial charge is 0.322 e. The molecule has 7 nitrogen and oxygen atoms in total. The minimum Gasteiger partial charge on any atom is -0.322 e. The molecule has 1 N–H and O–H groups in total. The number of carbonyl (C=O) groups excluding carboxylic acids is 1. The van der Waals surface area contributed by atoms with Crippen LogP contribution in [0.3, 0.4) is 0 Å². The third kappa shape index (κ3) is 5.56. The quantitative estimate of drug-likeness (QED) is 0.295. The molecule has 0 bridgehead atoms. The second kappa shape index (κ2) is 10.6. The van der Waals surface area contributed by atoms with Gasteiger partial charge in [-0.05, 0) is 68.1 Å². The van der Waals surface area contributed by atoms with Gasteiger partial charge in [-0.2, -0.15) is 18.3 Å². The maximum absolute atomic E-state index is 13.7. The zero-order valence-corrected chi connectivity index (χ0v) is 22.9. The number of piperidine rings is 1. The number of amides is 1. The molecular weight excluding hydrogens is 524 g/mol. The molecule has 11 heteroatoms. The fraction of sp³-hybridized carbons (Fsp3) is 0.379. The predicted octanol–water partition coefficient (Wildman–Crippen LogP) is 6.04. The summed E-state index contributed by atoms with van der Waals surface area (Å²) in [5.41, 5.74) is 4.67. The Hall–Kier alpha value is -3.86. The van der Waals surface area contributed by atoms with Gasteiger partial charge in [0, 0.05) is 56.2 Å². The van der Waals surface area contributed by atoms with E-state index in [1.54, 1.807) is 29.1 Å². The standard InChI is InChI=1S/C29H32F4N6O/c1-18-5-6-21(13-26(18)39-17-27(37(39)4)25-15-34-36(3)19(25)2)28(40)35-24-12-20(11-22(14-24)29(31,32)33)16-38-9-7-23(30)8-10-38/h5-6,11-15,17,23H,7-10,16H2,1-4H3,(H,35,40). The Bertz CT molecular complexity index is 1540. The minimum atomic E-state index is -4.57. The van der Waals surface area contributed by atoms with Gasteiger partial charge in [-0.1, -0.05) is 6.07 Å². The van der Waals surface area contributed by atoms with Crippen molar-refractivity contribution in [2.45, 2.75) is 45.6 Å². The van der Waals surface area contributed by atoms with Gasteiger partial charge >= 0.3 is 6.18 Å². The van der Waals surface area contributed by atoms with E-state index < -0.39 is 23.8 Å². The highest BCUT2D eigenvalue weighted by molar-refractivity contribution is 6.04. The first kappa shape index (κ1) is 27.7. The Balaban J connectivity index is 1.39. The summed E-state index contributed by atoms with van der Waals surface area (Å²) in [7, 11) is 3.79. The number of likely N-dealkylation sites (tertiary alicyclic amines) is 1. The summed E-state index contributed by atoms with van der Waals surface area (Å²) in [6.45, 7) is 5.12. The lowest BCUT2D eigenvalue weighted by Crippen LogP contribution is -2.34. The molecule has 0 radical (unpaired) electrons. The van der Waals surface area contributed by atoms with Crippen LogP contribution in [0.4, 0.5) is 23.2 Å². The van der Waals surface area contributed by atoms with E-state index in [4.69, 9.17) is 0 Å². The Morgan fingerprint density at radius 3 is 2.42 bits per heavy atom. The zero-order chi connectivity index (χ0) is 28.8. The number of anilines is 1. The molecule has 1 aliphatic heterocycles. The molecule has 1 aliphatic rings. The highest BCUT2D eigenvalue weighted by Gasteiger charge is 2.32. The topological polar surface area (TPSA) is 60.0 Å². The van der Waals surface area contributed by atoms with E-state index in [-0.39, 0.29) is 12.2 Å². The average Bonchev–Trinajstić information content (AvgIpc) is 3.22. The fourth-order valence-electron chi connectivity index (χ4n) is 5.11. The van der Waals surface area contributed by atoms with Crippen LogP contribution in [0.1, 0.15) is 45.6 Å². The van der Waals surface area contributed by atoms with Gasteiger partial charge < -0.3 is 5.32 Å². The van der Waals surface area contributed by atoms with E-state index >= 15 is 0 Å². The number of benzene rings is 2. The predicted molar refractivity (Wildman–Crippen MR) is 145 cm³/mol. The molecule has 2 aromatic heterocycles. The van der Waals surface area contributed by atoms with E-state index in [0.717, 1.165) is 40.3 Å². The third-order valence-electron chi connectivity index (χ3n) is 7.65. The van der Waals surface area contributed by atoms with E-state index in [2.05, 4.69) is 10.4 Å². The molecule has 0 saturated carbocycles. The lowest BCUT2D eigenvalue weighted by Gasteiger charge is -2.28. The maximum atomic E-state index is 13.7. The number of aromatic nitrogens is 4. The van der Waals surface area contributed by atoms with Crippen molar-refractivity contribution >= 4 is 11.6 Å². The first-order valence-corrected chi connectivity index (χ1v) is 13.1. The molecule has 2 aromatic carbocycles. The Kier molecular flexibility index (Phi) is 7.34. The van der Waals surface area contributed by atoms with E-state index in [1.807, 2.05) is 54.5 Å². The van der Waals surface area contributed by atoms with Gasteiger partial charge in [-0.15, -0.1) is 0 Å².